The lowest BCUT2D eigenvalue weighted by molar-refractivity contribution is -0.137. The topological polar surface area (TPSA) is 72.1 Å². The van der Waals surface area contributed by atoms with Gasteiger partial charge in [0.25, 0.3) is 5.91 Å². The Morgan fingerprint density at radius 1 is 1.31 bits per heavy atom. The van der Waals surface area contributed by atoms with Gasteiger partial charge in [0.05, 0.1) is 30.7 Å². The number of furan rings is 1. The van der Waals surface area contributed by atoms with Crippen LogP contribution in [0.25, 0.3) is 0 Å². The first-order valence-electron chi connectivity index (χ1n) is 7.86. The van der Waals surface area contributed by atoms with Crippen LogP contribution in [0.3, 0.4) is 0 Å². The van der Waals surface area contributed by atoms with Crippen LogP contribution in [0.2, 0.25) is 0 Å². The van der Waals surface area contributed by atoms with E-state index < -0.39 is 23.5 Å². The van der Waals surface area contributed by atoms with Crippen LogP contribution in [0.5, 0.6) is 0 Å². The molecule has 1 amide bonds. The number of hydrazone groups is 1. The van der Waals surface area contributed by atoms with Crippen molar-refractivity contribution in [3.63, 3.8) is 0 Å². The molecule has 134 valence electrons. The van der Waals surface area contributed by atoms with E-state index in [1.807, 2.05) is 0 Å². The number of hydrogen-bond acceptors (Lipinski definition) is 5. The molecule has 0 spiro atoms. The summed E-state index contributed by atoms with van der Waals surface area (Å²) in [5, 5.41) is 5.06. The third-order valence-electron chi connectivity index (χ3n) is 4.30. The Labute approximate surface area is 149 Å². The lowest BCUT2D eigenvalue weighted by atomic mass is 9.78. The summed E-state index contributed by atoms with van der Waals surface area (Å²) in [6, 6.07) is 11.5. The Morgan fingerprint density at radius 3 is 2.58 bits per heavy atom. The van der Waals surface area contributed by atoms with E-state index in [1.54, 1.807) is 30.3 Å². The number of methoxy groups -OCH3 is 1. The highest BCUT2D eigenvalue weighted by Gasteiger charge is 2.59. The average molecular weight is 356 g/mol. The van der Waals surface area contributed by atoms with Gasteiger partial charge < -0.3 is 9.15 Å². The molecule has 3 rings (SSSR count). The van der Waals surface area contributed by atoms with Crippen LogP contribution in [0, 0.1) is 0 Å². The fourth-order valence-corrected chi connectivity index (χ4v) is 2.97. The maximum absolute atomic E-state index is 16.2. The highest BCUT2D eigenvalue weighted by atomic mass is 19.1. The van der Waals surface area contributed by atoms with Crippen LogP contribution in [0.1, 0.15) is 18.6 Å². The third kappa shape index (κ3) is 2.61. The number of esters is 1. The maximum atomic E-state index is 16.2. The van der Waals surface area contributed by atoms with E-state index in [2.05, 4.69) is 16.4 Å². The molecular formula is C19H17FN2O4. The number of carbonyl (C=O) groups excluding carboxylic acids is 2. The van der Waals surface area contributed by atoms with Crippen molar-refractivity contribution in [2.45, 2.75) is 18.5 Å². The number of alkyl halides is 1. The molecule has 2 heterocycles. The zero-order valence-corrected chi connectivity index (χ0v) is 14.3. The molecule has 0 saturated heterocycles. The summed E-state index contributed by atoms with van der Waals surface area (Å²) >= 11 is 0. The van der Waals surface area contributed by atoms with Crippen LogP contribution in [0.15, 0.2) is 70.4 Å². The second kappa shape index (κ2) is 6.59. The Morgan fingerprint density at radius 2 is 2.00 bits per heavy atom. The number of halogens is 1. The van der Waals surface area contributed by atoms with Crippen LogP contribution in [-0.4, -0.2) is 30.4 Å². The van der Waals surface area contributed by atoms with Crippen molar-refractivity contribution < 1.29 is 23.1 Å². The van der Waals surface area contributed by atoms with E-state index in [4.69, 9.17) is 4.42 Å². The Hall–Kier alpha value is -3.22. The van der Waals surface area contributed by atoms with Crippen molar-refractivity contribution in [3.05, 3.63) is 66.6 Å². The van der Waals surface area contributed by atoms with Gasteiger partial charge in [-0.2, -0.15) is 10.1 Å². The standard InChI is InChI=1S/C19H17FN2O4/c1-12(17(23)25-3)16(15-10-7-11-26-15)19(20)13(2)21-22(18(19)24)14-8-5-4-6-9-14/h4-11,16H,1H2,2-3H3. The Kier molecular flexibility index (Phi) is 4.46. The highest BCUT2D eigenvalue weighted by Crippen LogP contribution is 2.44. The molecule has 0 aliphatic carbocycles. The smallest absolute Gasteiger partial charge is 0.334 e. The SMILES string of the molecule is C=C(C(=O)OC)C(c1ccco1)C1(F)C(=O)N(c2ccccc2)N=C1C. The Balaban J connectivity index is 2.09. The second-order valence-corrected chi connectivity index (χ2v) is 5.81. The summed E-state index contributed by atoms with van der Waals surface area (Å²) in [5.74, 6) is -3.06. The number of rotatable bonds is 5. The molecule has 0 fully saturated rings. The molecule has 0 bridgehead atoms. The molecule has 2 aromatic rings. The zero-order chi connectivity index (χ0) is 18.9. The molecule has 1 aromatic carbocycles. The highest BCUT2D eigenvalue weighted by molar-refractivity contribution is 6.23. The number of anilines is 1. The number of carbonyl (C=O) groups is 2. The molecule has 0 radical (unpaired) electrons. The van der Waals surface area contributed by atoms with Gasteiger partial charge in [-0.15, -0.1) is 0 Å². The summed E-state index contributed by atoms with van der Waals surface area (Å²) in [5.41, 5.74) is -2.54. The summed E-state index contributed by atoms with van der Waals surface area (Å²) in [7, 11) is 1.16. The largest absolute Gasteiger partial charge is 0.469 e. The van der Waals surface area contributed by atoms with Crippen LogP contribution < -0.4 is 5.01 Å². The van der Waals surface area contributed by atoms with Gasteiger partial charge in [0.2, 0.25) is 5.67 Å². The quantitative estimate of drug-likeness (QED) is 0.609. The minimum Gasteiger partial charge on any atom is -0.469 e. The maximum Gasteiger partial charge on any atom is 0.334 e. The fraction of sp³-hybridized carbons (Fsp3) is 0.211. The molecule has 2 unspecified atom stereocenters. The molecule has 1 aromatic heterocycles. The minimum atomic E-state index is -2.63. The fourth-order valence-electron chi connectivity index (χ4n) is 2.97. The number of benzene rings is 1. The molecule has 26 heavy (non-hydrogen) atoms. The first-order chi connectivity index (χ1) is 12.4. The van der Waals surface area contributed by atoms with E-state index in [-0.39, 0.29) is 17.0 Å². The van der Waals surface area contributed by atoms with Gasteiger partial charge in [-0.05, 0) is 31.2 Å². The van der Waals surface area contributed by atoms with Crippen molar-refractivity contribution in [1.29, 1.82) is 0 Å². The Bertz CT molecular complexity index is 876. The first kappa shape index (κ1) is 17.6. The first-order valence-corrected chi connectivity index (χ1v) is 7.86. The van der Waals surface area contributed by atoms with Crippen LogP contribution in [0.4, 0.5) is 10.1 Å². The predicted octanol–water partition coefficient (Wildman–Crippen LogP) is 3.22. The van der Waals surface area contributed by atoms with E-state index in [0.29, 0.717) is 5.69 Å². The molecular weight excluding hydrogens is 339 g/mol. The van der Waals surface area contributed by atoms with Crippen molar-refractivity contribution in [2.24, 2.45) is 5.10 Å². The molecule has 2 atom stereocenters. The van der Waals surface area contributed by atoms with E-state index in [0.717, 1.165) is 12.1 Å². The van der Waals surface area contributed by atoms with Crippen LogP contribution >= 0.6 is 0 Å². The second-order valence-electron chi connectivity index (χ2n) is 5.81. The summed E-state index contributed by atoms with van der Waals surface area (Å²) in [4.78, 5) is 25.0. The molecule has 1 aliphatic heterocycles. The number of para-hydroxylation sites is 1. The van der Waals surface area contributed by atoms with Crippen molar-refractivity contribution in [2.75, 3.05) is 12.1 Å². The average Bonchev–Trinajstić information content (AvgIpc) is 3.25. The van der Waals surface area contributed by atoms with Gasteiger partial charge in [0.1, 0.15) is 5.76 Å². The van der Waals surface area contributed by atoms with Crippen molar-refractivity contribution in [3.8, 4) is 0 Å². The minimum absolute atomic E-state index is 0.0840. The van der Waals surface area contributed by atoms with Crippen molar-refractivity contribution >= 4 is 23.3 Å². The summed E-state index contributed by atoms with van der Waals surface area (Å²) < 4.78 is 26.1. The van der Waals surface area contributed by atoms with Crippen LogP contribution in [-0.2, 0) is 14.3 Å². The van der Waals surface area contributed by atoms with Gasteiger partial charge in [-0.1, -0.05) is 24.8 Å². The molecule has 1 aliphatic rings. The van der Waals surface area contributed by atoms with Crippen molar-refractivity contribution in [1.82, 2.24) is 0 Å². The van der Waals surface area contributed by atoms with E-state index in [9.17, 15) is 9.59 Å². The van der Waals surface area contributed by atoms with Gasteiger partial charge in [-0.25, -0.2) is 9.18 Å². The van der Waals surface area contributed by atoms with E-state index in [1.165, 1.54) is 25.3 Å². The monoisotopic (exact) mass is 356 g/mol. The molecule has 6 nitrogen and oxygen atoms in total. The van der Waals surface area contributed by atoms with Gasteiger partial charge >= 0.3 is 5.97 Å². The predicted molar refractivity (Wildman–Crippen MR) is 93.5 cm³/mol. The van der Waals surface area contributed by atoms with Gasteiger partial charge in [0.15, 0.2) is 0 Å². The molecule has 7 heteroatoms. The summed E-state index contributed by atoms with van der Waals surface area (Å²) in [6.45, 7) is 5.03. The van der Waals surface area contributed by atoms with Gasteiger partial charge in [0, 0.05) is 5.57 Å². The lowest BCUT2D eigenvalue weighted by Crippen LogP contribution is -2.48. The molecule has 0 N–H and O–H groups in total. The van der Waals surface area contributed by atoms with E-state index >= 15 is 4.39 Å². The normalized spacial score (nSPS) is 20.7. The number of amides is 1. The molecule has 0 saturated carbocycles. The number of nitrogens with zero attached hydrogens (tertiary/aromatic N) is 2. The number of ether oxygens (including phenoxy) is 1. The zero-order valence-electron chi connectivity index (χ0n) is 14.3. The number of hydrogen-bond donors (Lipinski definition) is 0. The third-order valence-corrected chi connectivity index (χ3v) is 4.30. The summed E-state index contributed by atoms with van der Waals surface area (Å²) in [6.07, 6.45) is 1.33. The lowest BCUT2D eigenvalue weighted by Gasteiger charge is -2.28. The van der Waals surface area contributed by atoms with Gasteiger partial charge in [-0.3, -0.25) is 4.79 Å².